The normalized spacial score (nSPS) is 17.3. The number of thiazole rings is 1. The van der Waals surface area contributed by atoms with E-state index >= 15 is 0 Å². The molecular formula is C20H21N3O3S. The van der Waals surface area contributed by atoms with E-state index < -0.39 is 0 Å². The van der Waals surface area contributed by atoms with Crippen LogP contribution in [0.5, 0.6) is 0 Å². The standard InChI is InChI=1S/C20H21N3O3S/c1-12-5-3-7-15-13(2)17(26-16(12)15)19(25)23-9-4-6-14(11-23)18(24)22-20-21-8-10-27-20/h3,5,7-8,10,14H,4,6,9,11H2,1-2H3,(H,21,22,24). The van der Waals surface area contributed by atoms with Crippen molar-refractivity contribution in [3.63, 3.8) is 0 Å². The molecule has 3 aromatic rings. The van der Waals surface area contributed by atoms with E-state index in [1.807, 2.05) is 37.4 Å². The van der Waals surface area contributed by atoms with E-state index in [1.165, 1.54) is 11.3 Å². The highest BCUT2D eigenvalue weighted by molar-refractivity contribution is 7.13. The molecule has 6 nitrogen and oxygen atoms in total. The number of likely N-dealkylation sites (tertiary alicyclic amines) is 1. The lowest BCUT2D eigenvalue weighted by atomic mass is 9.96. The molecule has 1 aliphatic heterocycles. The van der Waals surface area contributed by atoms with Crippen LogP contribution in [-0.2, 0) is 4.79 Å². The number of aromatic nitrogens is 1. The number of nitrogens with one attached hydrogen (secondary N) is 1. The van der Waals surface area contributed by atoms with Gasteiger partial charge in [-0.3, -0.25) is 9.59 Å². The summed E-state index contributed by atoms with van der Waals surface area (Å²) >= 11 is 1.39. The molecule has 3 heterocycles. The Hall–Kier alpha value is -2.67. The monoisotopic (exact) mass is 383 g/mol. The van der Waals surface area contributed by atoms with Crippen LogP contribution < -0.4 is 5.32 Å². The number of rotatable bonds is 3. The molecule has 1 saturated heterocycles. The van der Waals surface area contributed by atoms with Crippen molar-refractivity contribution in [1.82, 2.24) is 9.88 Å². The average Bonchev–Trinajstić information content (AvgIpc) is 3.30. The first-order valence-corrected chi connectivity index (χ1v) is 9.91. The van der Waals surface area contributed by atoms with E-state index in [0.29, 0.717) is 24.0 Å². The Kier molecular flexibility index (Phi) is 4.70. The molecule has 2 aromatic heterocycles. The predicted octanol–water partition coefficient (Wildman–Crippen LogP) is 4.00. The maximum absolute atomic E-state index is 13.1. The number of amides is 2. The second-order valence-electron chi connectivity index (χ2n) is 6.92. The summed E-state index contributed by atoms with van der Waals surface area (Å²) in [7, 11) is 0. The van der Waals surface area contributed by atoms with Crippen molar-refractivity contribution in [2.75, 3.05) is 18.4 Å². The second kappa shape index (κ2) is 7.15. The van der Waals surface area contributed by atoms with E-state index in [0.717, 1.165) is 34.9 Å². The molecule has 1 atom stereocenters. The zero-order valence-corrected chi connectivity index (χ0v) is 16.1. The molecule has 140 valence electrons. The Labute approximate surface area is 161 Å². The zero-order chi connectivity index (χ0) is 19.0. The summed E-state index contributed by atoms with van der Waals surface area (Å²) in [6.45, 7) is 4.91. The van der Waals surface area contributed by atoms with Crippen LogP contribution in [0.25, 0.3) is 11.0 Å². The molecule has 0 aliphatic carbocycles. The highest BCUT2D eigenvalue weighted by Crippen LogP contribution is 2.30. The number of fused-ring (bicyclic) bond motifs is 1. The number of benzene rings is 1. The number of carbonyl (C=O) groups is 2. The fourth-order valence-electron chi connectivity index (χ4n) is 3.60. The highest BCUT2D eigenvalue weighted by atomic mass is 32.1. The topological polar surface area (TPSA) is 75.4 Å². The molecule has 1 fully saturated rings. The number of aryl methyl sites for hydroxylation is 2. The quantitative estimate of drug-likeness (QED) is 0.742. The molecule has 1 unspecified atom stereocenters. The van der Waals surface area contributed by atoms with Gasteiger partial charge in [0.05, 0.1) is 5.92 Å². The number of anilines is 1. The molecule has 1 N–H and O–H groups in total. The van der Waals surface area contributed by atoms with Gasteiger partial charge in [0.2, 0.25) is 5.91 Å². The lowest BCUT2D eigenvalue weighted by Crippen LogP contribution is -2.43. The number of hydrogen-bond donors (Lipinski definition) is 1. The number of piperidine rings is 1. The number of nitrogens with zero attached hydrogens (tertiary/aromatic N) is 2. The van der Waals surface area contributed by atoms with E-state index in [4.69, 9.17) is 4.42 Å². The summed E-state index contributed by atoms with van der Waals surface area (Å²) in [6.07, 6.45) is 3.21. The van der Waals surface area contributed by atoms with Crippen LogP contribution in [0, 0.1) is 19.8 Å². The first-order chi connectivity index (χ1) is 13.0. The van der Waals surface area contributed by atoms with Gasteiger partial charge in [0, 0.05) is 35.6 Å². The lowest BCUT2D eigenvalue weighted by molar-refractivity contribution is -0.121. The van der Waals surface area contributed by atoms with Gasteiger partial charge in [-0.05, 0) is 32.3 Å². The third kappa shape index (κ3) is 3.35. The van der Waals surface area contributed by atoms with Crippen molar-refractivity contribution in [2.24, 2.45) is 5.92 Å². The first-order valence-electron chi connectivity index (χ1n) is 9.03. The van der Waals surface area contributed by atoms with E-state index in [1.54, 1.807) is 11.1 Å². The summed E-state index contributed by atoms with van der Waals surface area (Å²) in [6, 6.07) is 5.91. The molecule has 1 aromatic carbocycles. The van der Waals surface area contributed by atoms with Gasteiger partial charge in [-0.15, -0.1) is 11.3 Å². The molecule has 1 aliphatic rings. The molecular weight excluding hydrogens is 362 g/mol. The van der Waals surface area contributed by atoms with Crippen molar-refractivity contribution in [3.05, 3.63) is 46.7 Å². The van der Waals surface area contributed by atoms with Crippen LogP contribution in [0.1, 0.15) is 34.5 Å². The van der Waals surface area contributed by atoms with Crippen molar-refractivity contribution < 1.29 is 14.0 Å². The fourth-order valence-corrected chi connectivity index (χ4v) is 4.13. The van der Waals surface area contributed by atoms with Gasteiger partial charge in [0.25, 0.3) is 5.91 Å². The Morgan fingerprint density at radius 1 is 1.33 bits per heavy atom. The molecule has 0 saturated carbocycles. The summed E-state index contributed by atoms with van der Waals surface area (Å²) in [5, 5.41) is 6.21. The van der Waals surface area contributed by atoms with Gasteiger partial charge in [-0.2, -0.15) is 0 Å². The van der Waals surface area contributed by atoms with Crippen molar-refractivity contribution >= 4 is 39.3 Å². The van der Waals surface area contributed by atoms with Crippen LogP contribution in [0.2, 0.25) is 0 Å². The number of hydrogen-bond acceptors (Lipinski definition) is 5. The maximum atomic E-state index is 13.1. The Bertz CT molecular complexity index is 993. The molecule has 0 spiro atoms. The summed E-state index contributed by atoms with van der Waals surface area (Å²) in [5.41, 5.74) is 2.62. The van der Waals surface area contributed by atoms with Gasteiger partial charge in [0.15, 0.2) is 10.9 Å². The number of carbonyl (C=O) groups excluding carboxylic acids is 2. The van der Waals surface area contributed by atoms with Crippen LogP contribution in [0.15, 0.2) is 34.2 Å². The minimum Gasteiger partial charge on any atom is -0.450 e. The minimum absolute atomic E-state index is 0.0837. The molecule has 7 heteroatoms. The second-order valence-corrected chi connectivity index (χ2v) is 7.82. The maximum Gasteiger partial charge on any atom is 0.289 e. The summed E-state index contributed by atoms with van der Waals surface area (Å²) < 4.78 is 5.93. The van der Waals surface area contributed by atoms with Crippen molar-refractivity contribution in [2.45, 2.75) is 26.7 Å². The van der Waals surface area contributed by atoms with Gasteiger partial charge < -0.3 is 14.6 Å². The molecule has 2 amide bonds. The predicted molar refractivity (Wildman–Crippen MR) is 105 cm³/mol. The SMILES string of the molecule is Cc1c(C(=O)N2CCCC(C(=O)Nc3nccs3)C2)oc2c(C)cccc12. The molecule has 27 heavy (non-hydrogen) atoms. The Morgan fingerprint density at radius 3 is 2.93 bits per heavy atom. The Morgan fingerprint density at radius 2 is 2.19 bits per heavy atom. The van der Waals surface area contributed by atoms with Crippen LogP contribution in [-0.4, -0.2) is 34.8 Å². The zero-order valence-electron chi connectivity index (χ0n) is 15.3. The third-order valence-electron chi connectivity index (χ3n) is 5.10. The largest absolute Gasteiger partial charge is 0.450 e. The number of para-hydroxylation sites is 1. The van der Waals surface area contributed by atoms with Gasteiger partial charge in [-0.25, -0.2) is 4.98 Å². The smallest absolute Gasteiger partial charge is 0.289 e. The molecule has 0 radical (unpaired) electrons. The fraction of sp³-hybridized carbons (Fsp3) is 0.350. The van der Waals surface area contributed by atoms with Gasteiger partial charge in [0.1, 0.15) is 5.58 Å². The third-order valence-corrected chi connectivity index (χ3v) is 5.79. The highest BCUT2D eigenvalue weighted by Gasteiger charge is 2.31. The number of furan rings is 1. The minimum atomic E-state index is -0.238. The first kappa shape index (κ1) is 17.7. The average molecular weight is 383 g/mol. The van der Waals surface area contributed by atoms with Crippen molar-refractivity contribution in [3.8, 4) is 0 Å². The van der Waals surface area contributed by atoms with Crippen LogP contribution >= 0.6 is 11.3 Å². The van der Waals surface area contributed by atoms with Crippen molar-refractivity contribution in [1.29, 1.82) is 0 Å². The van der Waals surface area contributed by atoms with E-state index in [-0.39, 0.29) is 17.7 Å². The summed E-state index contributed by atoms with van der Waals surface area (Å²) in [4.78, 5) is 31.4. The van der Waals surface area contributed by atoms with E-state index in [9.17, 15) is 9.59 Å². The lowest BCUT2D eigenvalue weighted by Gasteiger charge is -2.31. The Balaban J connectivity index is 1.53. The van der Waals surface area contributed by atoms with Gasteiger partial charge >= 0.3 is 0 Å². The van der Waals surface area contributed by atoms with Crippen LogP contribution in [0.3, 0.4) is 0 Å². The summed E-state index contributed by atoms with van der Waals surface area (Å²) in [5.74, 6) is -0.0900. The van der Waals surface area contributed by atoms with E-state index in [2.05, 4.69) is 10.3 Å². The van der Waals surface area contributed by atoms with Crippen LogP contribution in [0.4, 0.5) is 5.13 Å². The molecule has 0 bridgehead atoms. The molecule has 4 rings (SSSR count). The van der Waals surface area contributed by atoms with Gasteiger partial charge in [-0.1, -0.05) is 18.2 Å².